The predicted octanol–water partition coefficient (Wildman–Crippen LogP) is 1.47. The van der Waals surface area contributed by atoms with Gasteiger partial charge in [0.05, 0.1) is 0 Å². The number of nitrogens with one attached hydrogen (secondary N) is 1. The molecule has 0 radical (unpaired) electrons. The number of pyridine rings is 1. The van der Waals surface area contributed by atoms with Crippen molar-refractivity contribution in [3.8, 4) is 0 Å². The zero-order chi connectivity index (χ0) is 13.8. The molecule has 0 atom stereocenters. The minimum absolute atomic E-state index is 0.186. The predicted molar refractivity (Wildman–Crippen MR) is 73.2 cm³/mol. The third-order valence-corrected chi connectivity index (χ3v) is 4.13. The first-order valence-corrected chi connectivity index (χ1v) is 7.46. The smallest absolute Gasteiger partial charge is 0.241 e. The first-order chi connectivity index (χ1) is 8.36. The first-order valence-electron chi connectivity index (χ1n) is 5.97. The fraction of sp³-hybridized carbons (Fsp3) is 0.583. The van der Waals surface area contributed by atoms with Crippen LogP contribution in [0.4, 0.5) is 5.82 Å². The molecule has 0 fully saturated rings. The van der Waals surface area contributed by atoms with Gasteiger partial charge in [-0.05, 0) is 31.5 Å². The summed E-state index contributed by atoms with van der Waals surface area (Å²) in [7, 11) is -0.0552. The molecular weight excluding hydrogens is 250 g/mol. The van der Waals surface area contributed by atoms with E-state index in [0.29, 0.717) is 5.92 Å². The number of hydrogen-bond acceptors (Lipinski definition) is 4. The molecule has 0 aliphatic rings. The summed E-state index contributed by atoms with van der Waals surface area (Å²) in [5.41, 5.74) is 0. The first kappa shape index (κ1) is 14.9. The second-order valence-electron chi connectivity index (χ2n) is 4.66. The number of hydrogen-bond donors (Lipinski definition) is 1. The topological polar surface area (TPSA) is 62.3 Å². The molecule has 0 amide bonds. The van der Waals surface area contributed by atoms with Crippen LogP contribution in [-0.4, -0.2) is 34.0 Å². The van der Waals surface area contributed by atoms with Gasteiger partial charge in [-0.15, -0.1) is 0 Å². The molecule has 0 bridgehead atoms. The molecule has 0 unspecified atom stereocenters. The molecule has 102 valence electrons. The van der Waals surface area contributed by atoms with Crippen molar-refractivity contribution >= 4 is 15.8 Å². The molecule has 1 aromatic heterocycles. The molecule has 0 saturated carbocycles. The second-order valence-corrected chi connectivity index (χ2v) is 6.55. The van der Waals surface area contributed by atoms with Crippen LogP contribution in [0.1, 0.15) is 20.3 Å². The van der Waals surface area contributed by atoms with Crippen LogP contribution in [0.15, 0.2) is 23.2 Å². The zero-order valence-electron chi connectivity index (χ0n) is 11.3. The molecule has 18 heavy (non-hydrogen) atoms. The van der Waals surface area contributed by atoms with Gasteiger partial charge in [-0.1, -0.05) is 13.8 Å². The number of sulfonamides is 1. The Labute approximate surface area is 109 Å². The lowest BCUT2D eigenvalue weighted by Gasteiger charge is -2.19. The minimum atomic E-state index is -3.40. The number of rotatable bonds is 6. The van der Waals surface area contributed by atoms with Gasteiger partial charge in [0.25, 0.3) is 0 Å². The van der Waals surface area contributed by atoms with E-state index in [4.69, 9.17) is 0 Å². The van der Waals surface area contributed by atoms with Gasteiger partial charge < -0.3 is 4.90 Å². The van der Waals surface area contributed by atoms with Gasteiger partial charge in [-0.25, -0.2) is 18.1 Å². The van der Waals surface area contributed by atoms with E-state index in [1.165, 1.54) is 13.2 Å². The van der Waals surface area contributed by atoms with Crippen LogP contribution in [0.5, 0.6) is 0 Å². The molecule has 1 aromatic rings. The van der Waals surface area contributed by atoms with Gasteiger partial charge in [0, 0.05) is 19.8 Å². The fourth-order valence-corrected chi connectivity index (χ4v) is 2.12. The lowest BCUT2D eigenvalue weighted by Crippen LogP contribution is -2.22. The fourth-order valence-electron chi connectivity index (χ4n) is 1.44. The van der Waals surface area contributed by atoms with Gasteiger partial charge >= 0.3 is 0 Å². The largest absolute Gasteiger partial charge is 0.360 e. The summed E-state index contributed by atoms with van der Waals surface area (Å²) in [6.07, 6.45) is 2.46. The molecule has 1 rings (SSSR count). The van der Waals surface area contributed by atoms with Crippen LogP contribution in [0.25, 0.3) is 0 Å². The van der Waals surface area contributed by atoms with Crippen LogP contribution < -0.4 is 9.62 Å². The second kappa shape index (κ2) is 6.15. The Hall–Kier alpha value is -1.14. The summed E-state index contributed by atoms with van der Waals surface area (Å²) in [6, 6.07) is 3.30. The van der Waals surface area contributed by atoms with Crippen molar-refractivity contribution in [2.24, 2.45) is 5.92 Å². The van der Waals surface area contributed by atoms with Crippen molar-refractivity contribution < 1.29 is 8.42 Å². The highest BCUT2D eigenvalue weighted by Gasteiger charge is 2.12. The number of aromatic nitrogens is 1. The average Bonchev–Trinajstić information content (AvgIpc) is 2.36. The molecule has 5 nitrogen and oxygen atoms in total. The van der Waals surface area contributed by atoms with Crippen molar-refractivity contribution in [2.45, 2.75) is 25.2 Å². The molecule has 0 aliphatic carbocycles. The van der Waals surface area contributed by atoms with E-state index in [1.807, 2.05) is 11.9 Å². The maximum absolute atomic E-state index is 11.5. The van der Waals surface area contributed by atoms with E-state index in [9.17, 15) is 8.42 Å². The van der Waals surface area contributed by atoms with Crippen molar-refractivity contribution in [3.05, 3.63) is 18.3 Å². The van der Waals surface area contributed by atoms with Gasteiger partial charge in [-0.3, -0.25) is 0 Å². The van der Waals surface area contributed by atoms with E-state index in [-0.39, 0.29) is 4.90 Å². The molecule has 1 heterocycles. The third-order valence-electron chi connectivity index (χ3n) is 2.73. The molecule has 1 N–H and O–H groups in total. The van der Waals surface area contributed by atoms with Crippen LogP contribution in [0.2, 0.25) is 0 Å². The van der Waals surface area contributed by atoms with Gasteiger partial charge in [-0.2, -0.15) is 0 Å². The third kappa shape index (κ3) is 3.96. The van der Waals surface area contributed by atoms with Gasteiger partial charge in [0.1, 0.15) is 10.7 Å². The maximum atomic E-state index is 11.5. The van der Waals surface area contributed by atoms with Gasteiger partial charge in [0.15, 0.2) is 0 Å². The normalized spacial score (nSPS) is 11.8. The van der Waals surface area contributed by atoms with E-state index in [2.05, 4.69) is 23.6 Å². The van der Waals surface area contributed by atoms with Crippen LogP contribution in [0, 0.1) is 5.92 Å². The van der Waals surface area contributed by atoms with E-state index in [0.717, 1.165) is 18.8 Å². The SMILES string of the molecule is CNS(=O)(=O)c1ccc(N(C)CCC(C)C)nc1. The summed E-state index contributed by atoms with van der Waals surface area (Å²) < 4.78 is 25.3. The van der Waals surface area contributed by atoms with Crippen LogP contribution in [-0.2, 0) is 10.0 Å². The van der Waals surface area contributed by atoms with E-state index < -0.39 is 10.0 Å². The van der Waals surface area contributed by atoms with Crippen molar-refractivity contribution in [1.29, 1.82) is 0 Å². The monoisotopic (exact) mass is 271 g/mol. The minimum Gasteiger partial charge on any atom is -0.360 e. The van der Waals surface area contributed by atoms with E-state index in [1.54, 1.807) is 12.1 Å². The summed E-state index contributed by atoms with van der Waals surface area (Å²) >= 11 is 0. The molecule has 0 aliphatic heterocycles. The average molecular weight is 271 g/mol. The standard InChI is InChI=1S/C12H21N3O2S/c1-10(2)7-8-15(4)12-6-5-11(9-14-12)18(16,17)13-3/h5-6,9-10,13H,7-8H2,1-4H3. The molecule has 0 aromatic carbocycles. The Kier molecular flexibility index (Phi) is 5.10. The van der Waals surface area contributed by atoms with Crippen molar-refractivity contribution in [1.82, 2.24) is 9.71 Å². The lowest BCUT2D eigenvalue weighted by molar-refractivity contribution is 0.583. The summed E-state index contributed by atoms with van der Waals surface area (Å²) in [6.45, 7) is 5.25. The Bertz CT molecular complexity index is 469. The highest BCUT2D eigenvalue weighted by Crippen LogP contribution is 2.14. The molecular formula is C12H21N3O2S. The van der Waals surface area contributed by atoms with Crippen LogP contribution >= 0.6 is 0 Å². The van der Waals surface area contributed by atoms with Gasteiger partial charge in [0.2, 0.25) is 10.0 Å². The summed E-state index contributed by atoms with van der Waals surface area (Å²) in [5.74, 6) is 1.42. The molecule has 6 heteroatoms. The summed E-state index contributed by atoms with van der Waals surface area (Å²) in [4.78, 5) is 6.39. The molecule has 0 spiro atoms. The Morgan fingerprint density at radius 1 is 1.39 bits per heavy atom. The quantitative estimate of drug-likeness (QED) is 0.851. The molecule has 0 saturated heterocycles. The van der Waals surface area contributed by atoms with Crippen molar-refractivity contribution in [2.75, 3.05) is 25.5 Å². The maximum Gasteiger partial charge on any atom is 0.241 e. The zero-order valence-corrected chi connectivity index (χ0v) is 12.2. The van der Waals surface area contributed by atoms with Crippen molar-refractivity contribution in [3.63, 3.8) is 0 Å². The lowest BCUT2D eigenvalue weighted by atomic mass is 10.1. The number of nitrogens with zero attached hydrogens (tertiary/aromatic N) is 2. The van der Waals surface area contributed by atoms with E-state index >= 15 is 0 Å². The Balaban J connectivity index is 2.77. The highest BCUT2D eigenvalue weighted by atomic mass is 32.2. The number of anilines is 1. The highest BCUT2D eigenvalue weighted by molar-refractivity contribution is 7.89. The van der Waals surface area contributed by atoms with Crippen LogP contribution in [0.3, 0.4) is 0 Å². The Morgan fingerprint density at radius 2 is 2.06 bits per heavy atom. The Morgan fingerprint density at radius 3 is 2.50 bits per heavy atom. The summed E-state index contributed by atoms with van der Waals surface area (Å²) in [5, 5.41) is 0.